The zero-order chi connectivity index (χ0) is 21.2. The van der Waals surface area contributed by atoms with Crippen LogP contribution in [0.3, 0.4) is 0 Å². The first-order valence-electron chi connectivity index (χ1n) is 10.6. The van der Waals surface area contributed by atoms with Crippen LogP contribution in [0.15, 0.2) is 12.2 Å². The fourth-order valence-corrected chi connectivity index (χ4v) is 6.26. The summed E-state index contributed by atoms with van der Waals surface area (Å²) in [6.45, 7) is 8.76. The summed E-state index contributed by atoms with van der Waals surface area (Å²) < 4.78 is 21.4. The molecule has 3 aliphatic rings. The van der Waals surface area contributed by atoms with Crippen molar-refractivity contribution in [3.8, 4) is 0 Å². The van der Waals surface area contributed by atoms with Gasteiger partial charge >= 0.3 is 0 Å². The zero-order valence-corrected chi connectivity index (χ0v) is 19.2. The van der Waals surface area contributed by atoms with E-state index in [2.05, 4.69) is 15.7 Å². The van der Waals surface area contributed by atoms with E-state index in [1.165, 1.54) is 24.6 Å². The lowest BCUT2D eigenvalue weighted by Crippen LogP contribution is -2.63. The maximum absolute atomic E-state index is 12.7. The Bertz CT molecular complexity index is 555. The molecule has 9 heteroatoms. The van der Waals surface area contributed by atoms with Gasteiger partial charge in [0, 0.05) is 23.2 Å². The Labute approximate surface area is 181 Å². The second kappa shape index (κ2) is 10.2. The lowest BCUT2D eigenvalue weighted by atomic mass is 9.93. The highest BCUT2D eigenvalue weighted by Crippen LogP contribution is 2.35. The van der Waals surface area contributed by atoms with Crippen LogP contribution in [0, 0.1) is 0 Å². The van der Waals surface area contributed by atoms with Crippen LogP contribution in [-0.4, -0.2) is 90.3 Å². The minimum absolute atomic E-state index is 0.236. The van der Waals surface area contributed by atoms with E-state index in [1.54, 1.807) is 0 Å². The molecule has 29 heavy (non-hydrogen) atoms. The molecule has 168 valence electrons. The van der Waals surface area contributed by atoms with Crippen molar-refractivity contribution in [1.82, 2.24) is 9.62 Å². The summed E-state index contributed by atoms with van der Waals surface area (Å²) in [7, 11) is 0. The van der Waals surface area contributed by atoms with Gasteiger partial charge in [0.05, 0.1) is 6.04 Å². The second-order valence-electron chi connectivity index (χ2n) is 9.25. The van der Waals surface area contributed by atoms with Crippen molar-refractivity contribution in [1.29, 1.82) is 0 Å². The van der Waals surface area contributed by atoms with E-state index >= 15 is 0 Å². The van der Waals surface area contributed by atoms with Gasteiger partial charge in [-0.2, -0.15) is 0 Å². The summed E-state index contributed by atoms with van der Waals surface area (Å²) in [6.07, 6.45) is 3.53. The first-order valence-corrected chi connectivity index (χ1v) is 12.7. The molecule has 2 fully saturated rings. The van der Waals surface area contributed by atoms with E-state index < -0.39 is 52.0 Å². The van der Waals surface area contributed by atoms with Crippen molar-refractivity contribution in [2.75, 3.05) is 19.6 Å². The van der Waals surface area contributed by atoms with Crippen LogP contribution in [0.25, 0.3) is 0 Å². The van der Waals surface area contributed by atoms with Crippen LogP contribution in [0.4, 0.5) is 0 Å². The topological polar surface area (TPSA) is 108 Å². The molecule has 3 aliphatic heterocycles. The summed E-state index contributed by atoms with van der Waals surface area (Å²) in [6, 6.07) is -0.429. The average Bonchev–Trinajstić information content (AvgIpc) is 3.16. The molecule has 1 unspecified atom stereocenters. The molecule has 0 amide bonds. The van der Waals surface area contributed by atoms with Crippen molar-refractivity contribution >= 4 is 23.1 Å². The molecule has 2 bridgehead atoms. The summed E-state index contributed by atoms with van der Waals surface area (Å²) in [4.78, 5) is 2.44. The number of aliphatic hydroxyl groups excluding tert-OH is 3. The highest BCUT2D eigenvalue weighted by atomic mass is 32.2. The predicted molar refractivity (Wildman–Crippen MR) is 117 cm³/mol. The molecule has 0 aromatic rings. The normalized spacial score (nSPS) is 40.7. The number of fused-ring (bicyclic) bond motifs is 2. The van der Waals surface area contributed by atoms with Crippen molar-refractivity contribution in [3.63, 3.8) is 0 Å². The molecular weight excluding hydrogens is 412 g/mol. The Morgan fingerprint density at radius 3 is 2.41 bits per heavy atom. The number of likely N-dealkylation sites (tertiary alicyclic amines) is 1. The number of allylic oxidation sites excluding steroid dienone is 1. The molecule has 7 nitrogen and oxygen atoms in total. The lowest BCUT2D eigenvalue weighted by molar-refractivity contribution is -0.203. The van der Waals surface area contributed by atoms with Crippen LogP contribution in [-0.2, 0) is 16.1 Å². The summed E-state index contributed by atoms with van der Waals surface area (Å²) in [5.74, 6) is 0. The van der Waals surface area contributed by atoms with Crippen LogP contribution in [0.1, 0.15) is 46.5 Å². The fourth-order valence-electron chi connectivity index (χ4n) is 3.99. The predicted octanol–water partition coefficient (Wildman–Crippen LogP) is 0.762. The van der Waals surface area contributed by atoms with Crippen LogP contribution in [0.2, 0.25) is 0 Å². The maximum Gasteiger partial charge on any atom is 0.136 e. The van der Waals surface area contributed by atoms with Crippen LogP contribution in [0.5, 0.6) is 0 Å². The molecule has 2 saturated heterocycles. The van der Waals surface area contributed by atoms with Gasteiger partial charge in [-0.1, -0.05) is 12.2 Å². The van der Waals surface area contributed by atoms with Gasteiger partial charge in [-0.05, 0) is 59.5 Å². The molecule has 3 rings (SSSR count). The van der Waals surface area contributed by atoms with Gasteiger partial charge in [0.2, 0.25) is 0 Å². The average molecular weight is 449 g/mol. The molecule has 0 saturated carbocycles. The van der Waals surface area contributed by atoms with E-state index in [0.29, 0.717) is 6.42 Å². The number of ether oxygens (including phenoxy) is 1. The molecule has 8 atom stereocenters. The van der Waals surface area contributed by atoms with Crippen molar-refractivity contribution in [2.45, 2.75) is 92.3 Å². The number of aliphatic hydroxyl groups is 3. The minimum atomic E-state index is -1.35. The molecule has 3 heterocycles. The SMILES string of the molecule is CC(C)(C)[S+]([O-])N[C@@H]1CC=CC[C@@H](CN2CCCC2)S[C@H]2O[C@H]1[C@H](O)[C@H](O)[C@H]2O. The first-order chi connectivity index (χ1) is 13.7. The maximum atomic E-state index is 12.7. The van der Waals surface area contributed by atoms with Crippen molar-refractivity contribution in [2.24, 2.45) is 0 Å². The molecule has 0 radical (unpaired) electrons. The van der Waals surface area contributed by atoms with E-state index in [9.17, 15) is 19.9 Å². The second-order valence-corrected chi connectivity index (χ2v) is 12.7. The van der Waals surface area contributed by atoms with E-state index in [4.69, 9.17) is 4.74 Å². The zero-order valence-electron chi connectivity index (χ0n) is 17.6. The van der Waals surface area contributed by atoms with E-state index in [-0.39, 0.29) is 5.25 Å². The van der Waals surface area contributed by atoms with Gasteiger partial charge in [0.15, 0.2) is 0 Å². The minimum Gasteiger partial charge on any atom is -0.598 e. The third kappa shape index (κ3) is 6.11. The molecule has 0 spiro atoms. The van der Waals surface area contributed by atoms with Gasteiger partial charge in [-0.15, -0.1) is 16.5 Å². The number of hydrogen-bond donors (Lipinski definition) is 4. The Morgan fingerprint density at radius 1 is 1.10 bits per heavy atom. The smallest absolute Gasteiger partial charge is 0.136 e. The largest absolute Gasteiger partial charge is 0.598 e. The fraction of sp³-hybridized carbons (Fsp3) is 0.900. The van der Waals surface area contributed by atoms with Crippen molar-refractivity contribution in [3.05, 3.63) is 12.2 Å². The van der Waals surface area contributed by atoms with Crippen LogP contribution < -0.4 is 4.72 Å². The summed E-state index contributed by atoms with van der Waals surface area (Å²) in [5, 5.41) is 31.9. The number of rotatable bonds is 4. The molecular formula is C20H36N2O5S2. The molecule has 0 aromatic heterocycles. The van der Waals surface area contributed by atoms with Crippen LogP contribution >= 0.6 is 11.8 Å². The number of nitrogens with zero attached hydrogens (tertiary/aromatic N) is 1. The number of nitrogens with one attached hydrogen (secondary N) is 1. The number of thioether (sulfide) groups is 1. The standard InChI is InChI=1S/C20H36N2O5S2/c1-20(2,3)29(26)21-14-9-5-4-8-13(12-22-10-6-7-11-22)28-19-17(25)15(23)16(24)18(14)27-19/h4-5,13-19,21,23-25H,6-12H2,1-3H3/t13-,14+,15-,16+,17+,18+,19+,29?/m0/s1. The first kappa shape index (κ1) is 23.8. The van der Waals surface area contributed by atoms with E-state index in [0.717, 1.165) is 26.1 Å². The third-order valence-corrected chi connectivity index (χ3v) is 8.77. The molecule has 0 aromatic carbocycles. The molecule has 0 aliphatic carbocycles. The van der Waals surface area contributed by atoms with Crippen molar-refractivity contribution < 1.29 is 24.6 Å². The highest BCUT2D eigenvalue weighted by molar-refractivity contribution is 8.00. The quantitative estimate of drug-likeness (QED) is 0.369. The highest BCUT2D eigenvalue weighted by Gasteiger charge is 2.48. The monoisotopic (exact) mass is 448 g/mol. The van der Waals surface area contributed by atoms with Gasteiger partial charge in [0.1, 0.15) is 34.6 Å². The van der Waals surface area contributed by atoms with Gasteiger partial charge in [-0.3, -0.25) is 0 Å². The summed E-state index contributed by atoms with van der Waals surface area (Å²) in [5.41, 5.74) is -0.634. The Morgan fingerprint density at radius 2 is 1.76 bits per heavy atom. The Kier molecular flexibility index (Phi) is 8.36. The van der Waals surface area contributed by atoms with Gasteiger partial charge in [-0.25, -0.2) is 0 Å². The lowest BCUT2D eigenvalue weighted by Gasteiger charge is -2.44. The number of hydrogen-bond acceptors (Lipinski definition) is 8. The Hall–Kier alpha value is 0.160. The third-order valence-electron chi connectivity index (χ3n) is 5.76. The summed E-state index contributed by atoms with van der Waals surface area (Å²) >= 11 is 0.185. The van der Waals surface area contributed by atoms with Gasteiger partial charge in [0.25, 0.3) is 0 Å². The van der Waals surface area contributed by atoms with E-state index in [1.807, 2.05) is 26.8 Å². The van der Waals surface area contributed by atoms with Gasteiger partial charge < -0.3 is 29.5 Å². The Balaban J connectivity index is 1.77. The molecule has 4 N–H and O–H groups in total.